The summed E-state index contributed by atoms with van der Waals surface area (Å²) in [6.07, 6.45) is 2.35. The number of rotatable bonds is 6. The summed E-state index contributed by atoms with van der Waals surface area (Å²) in [5.41, 5.74) is 2.35. The summed E-state index contributed by atoms with van der Waals surface area (Å²) in [6, 6.07) is 12.5. The average Bonchev–Trinajstić information content (AvgIpc) is 2.78. The molecule has 0 aliphatic heterocycles. The van der Waals surface area contributed by atoms with Crippen molar-refractivity contribution < 1.29 is 19.1 Å². The Hall–Kier alpha value is -3.35. The minimum atomic E-state index is -0.817. The largest absolute Gasteiger partial charge is 0.390 e. The molecule has 5 nitrogen and oxygen atoms in total. The highest BCUT2D eigenvalue weighted by Crippen LogP contribution is 2.39. The number of hydrogen-bond acceptors (Lipinski definition) is 4. The third kappa shape index (κ3) is 4.93. The minimum Gasteiger partial charge on any atom is -0.390 e. The van der Waals surface area contributed by atoms with Gasteiger partial charge in [-0.25, -0.2) is 9.37 Å². The second-order valence-electron chi connectivity index (χ2n) is 8.99. The molecule has 7 heteroatoms. The van der Waals surface area contributed by atoms with Crippen molar-refractivity contribution in [2.75, 3.05) is 5.32 Å². The zero-order valence-corrected chi connectivity index (χ0v) is 19.6. The van der Waals surface area contributed by atoms with Crippen molar-refractivity contribution >= 4 is 34.7 Å². The number of nitrogens with zero attached hydrogens (tertiary/aromatic N) is 1. The SMILES string of the molecule is C=C(c1cccc(F)c1)c1cnc(NC(=O)c2cc(C(=O)C3CC(C)(O)C3)ccc2Cl)c(C)c1. The molecule has 3 aromatic rings. The van der Waals surface area contributed by atoms with Gasteiger partial charge in [-0.3, -0.25) is 9.59 Å². The van der Waals surface area contributed by atoms with E-state index in [1.165, 1.54) is 24.3 Å². The van der Waals surface area contributed by atoms with Gasteiger partial charge in [0.05, 0.1) is 16.2 Å². The van der Waals surface area contributed by atoms with Crippen LogP contribution in [0.3, 0.4) is 0 Å². The first-order chi connectivity index (χ1) is 16.0. The third-order valence-corrected chi connectivity index (χ3v) is 6.40. The highest BCUT2D eigenvalue weighted by Gasteiger charge is 2.42. The van der Waals surface area contributed by atoms with Crippen LogP contribution in [0.5, 0.6) is 0 Å². The van der Waals surface area contributed by atoms with Gasteiger partial charge in [-0.05, 0) is 79.8 Å². The summed E-state index contributed by atoms with van der Waals surface area (Å²) in [6.45, 7) is 7.52. The minimum absolute atomic E-state index is 0.119. The number of anilines is 1. The Kier molecular flexibility index (Phi) is 6.39. The number of benzene rings is 2. The summed E-state index contributed by atoms with van der Waals surface area (Å²) >= 11 is 6.25. The molecule has 1 saturated carbocycles. The van der Waals surface area contributed by atoms with Crippen molar-refractivity contribution in [1.82, 2.24) is 4.98 Å². The maximum absolute atomic E-state index is 13.6. The fourth-order valence-electron chi connectivity index (χ4n) is 4.16. The molecule has 174 valence electrons. The standard InChI is InChI=1S/C27H24ClFN2O3/c1-15-9-19(16(2)17-5-4-6-21(29)10-17)14-30-25(15)31-26(33)22-11-18(7-8-23(22)28)24(32)20-12-27(3,34)13-20/h4-11,14,20,34H,2,12-13H2,1,3H3,(H,30,31,33). The van der Waals surface area contributed by atoms with Crippen molar-refractivity contribution in [3.05, 3.63) is 100.0 Å². The van der Waals surface area contributed by atoms with Crippen LogP contribution in [0.4, 0.5) is 10.2 Å². The van der Waals surface area contributed by atoms with E-state index in [1.807, 2.05) is 0 Å². The lowest BCUT2D eigenvalue weighted by atomic mass is 9.69. The van der Waals surface area contributed by atoms with Crippen molar-refractivity contribution in [3.63, 3.8) is 0 Å². The summed E-state index contributed by atoms with van der Waals surface area (Å²) in [7, 11) is 0. The van der Waals surface area contributed by atoms with Crippen molar-refractivity contribution in [3.8, 4) is 0 Å². The smallest absolute Gasteiger partial charge is 0.258 e. The fraction of sp³-hybridized carbons (Fsp3) is 0.222. The molecule has 0 atom stereocenters. The number of hydrogen-bond donors (Lipinski definition) is 2. The van der Waals surface area contributed by atoms with E-state index in [0.29, 0.717) is 46.5 Å². The molecule has 1 heterocycles. The second kappa shape index (κ2) is 9.12. The zero-order chi connectivity index (χ0) is 24.6. The summed E-state index contributed by atoms with van der Waals surface area (Å²) in [4.78, 5) is 30.0. The number of Topliss-reactive ketones (excluding diaryl/α,β-unsaturated/α-hetero) is 1. The Balaban J connectivity index is 1.51. The van der Waals surface area contributed by atoms with E-state index >= 15 is 0 Å². The van der Waals surface area contributed by atoms with Crippen LogP contribution < -0.4 is 5.32 Å². The number of aliphatic hydroxyl groups is 1. The number of pyridine rings is 1. The van der Waals surface area contributed by atoms with E-state index in [9.17, 15) is 19.1 Å². The van der Waals surface area contributed by atoms with Gasteiger partial charge in [-0.1, -0.05) is 30.3 Å². The monoisotopic (exact) mass is 478 g/mol. The first-order valence-electron chi connectivity index (χ1n) is 10.8. The second-order valence-corrected chi connectivity index (χ2v) is 9.40. The molecule has 34 heavy (non-hydrogen) atoms. The van der Waals surface area contributed by atoms with E-state index in [-0.39, 0.29) is 28.1 Å². The van der Waals surface area contributed by atoms with Crippen LogP contribution in [-0.2, 0) is 0 Å². The van der Waals surface area contributed by atoms with Crippen LogP contribution in [0.15, 0.2) is 61.3 Å². The van der Waals surface area contributed by atoms with Crippen LogP contribution in [0.1, 0.15) is 57.2 Å². The van der Waals surface area contributed by atoms with Gasteiger partial charge < -0.3 is 10.4 Å². The van der Waals surface area contributed by atoms with Gasteiger partial charge in [0, 0.05) is 23.2 Å². The number of carbonyl (C=O) groups is 2. The molecule has 0 radical (unpaired) electrons. The normalized spacial score (nSPS) is 19.3. The molecule has 1 aliphatic rings. The lowest BCUT2D eigenvalue weighted by Gasteiger charge is -2.39. The molecule has 0 saturated heterocycles. The molecular formula is C27H24ClFN2O3. The summed E-state index contributed by atoms with van der Waals surface area (Å²) < 4.78 is 13.6. The van der Waals surface area contributed by atoms with E-state index < -0.39 is 11.5 Å². The van der Waals surface area contributed by atoms with Crippen molar-refractivity contribution in [2.45, 2.75) is 32.3 Å². The molecule has 1 aromatic heterocycles. The van der Waals surface area contributed by atoms with Gasteiger partial charge in [-0.2, -0.15) is 0 Å². The van der Waals surface area contributed by atoms with Gasteiger partial charge in [0.25, 0.3) is 5.91 Å². The lowest BCUT2D eigenvalue weighted by molar-refractivity contribution is -0.0468. The van der Waals surface area contributed by atoms with Crippen LogP contribution in [0.25, 0.3) is 5.57 Å². The molecule has 4 rings (SSSR count). The highest BCUT2D eigenvalue weighted by molar-refractivity contribution is 6.34. The predicted octanol–water partition coefficient (Wildman–Crippen LogP) is 5.84. The maximum Gasteiger partial charge on any atom is 0.258 e. The predicted molar refractivity (Wildman–Crippen MR) is 131 cm³/mol. The van der Waals surface area contributed by atoms with Crippen LogP contribution in [0.2, 0.25) is 5.02 Å². The quantitative estimate of drug-likeness (QED) is 0.436. The topological polar surface area (TPSA) is 79.3 Å². The van der Waals surface area contributed by atoms with Gasteiger partial charge in [0.1, 0.15) is 11.6 Å². The summed E-state index contributed by atoms with van der Waals surface area (Å²) in [5.74, 6) is -0.898. The van der Waals surface area contributed by atoms with Gasteiger partial charge in [-0.15, -0.1) is 0 Å². The van der Waals surface area contributed by atoms with E-state index in [0.717, 1.165) is 0 Å². The Morgan fingerprint density at radius 1 is 1.15 bits per heavy atom. The fourth-order valence-corrected chi connectivity index (χ4v) is 4.37. The van der Waals surface area contributed by atoms with Gasteiger partial charge >= 0.3 is 0 Å². The number of nitrogens with one attached hydrogen (secondary N) is 1. The maximum atomic E-state index is 13.6. The molecule has 0 spiro atoms. The summed E-state index contributed by atoms with van der Waals surface area (Å²) in [5, 5.41) is 12.9. The molecule has 1 fully saturated rings. The third-order valence-electron chi connectivity index (χ3n) is 6.07. The highest BCUT2D eigenvalue weighted by atomic mass is 35.5. The Labute approximate surface area is 202 Å². The van der Waals surface area contributed by atoms with Gasteiger partial charge in [0.15, 0.2) is 5.78 Å². The molecule has 0 bridgehead atoms. The number of carbonyl (C=O) groups excluding carboxylic acids is 2. The van der Waals surface area contributed by atoms with E-state index in [2.05, 4.69) is 16.9 Å². The number of ketones is 1. The average molecular weight is 479 g/mol. The van der Waals surface area contributed by atoms with Crippen molar-refractivity contribution in [1.29, 1.82) is 0 Å². The Morgan fingerprint density at radius 2 is 1.88 bits per heavy atom. The molecule has 1 amide bonds. The van der Waals surface area contributed by atoms with Gasteiger partial charge in [0.2, 0.25) is 0 Å². The Bertz CT molecular complexity index is 1310. The molecule has 2 N–H and O–H groups in total. The lowest BCUT2D eigenvalue weighted by Crippen LogP contribution is -2.44. The molecule has 2 aromatic carbocycles. The Morgan fingerprint density at radius 3 is 2.53 bits per heavy atom. The van der Waals surface area contributed by atoms with E-state index in [4.69, 9.17) is 11.6 Å². The first kappa shape index (κ1) is 23.8. The number of halogens is 2. The van der Waals surface area contributed by atoms with Crippen molar-refractivity contribution in [2.24, 2.45) is 5.92 Å². The van der Waals surface area contributed by atoms with Crippen LogP contribution >= 0.6 is 11.6 Å². The van der Waals surface area contributed by atoms with Crippen LogP contribution in [0, 0.1) is 18.7 Å². The van der Waals surface area contributed by atoms with E-state index in [1.54, 1.807) is 44.3 Å². The number of aryl methyl sites for hydroxylation is 1. The first-order valence-corrected chi connectivity index (χ1v) is 11.2. The zero-order valence-electron chi connectivity index (χ0n) is 18.9. The number of aromatic nitrogens is 1. The molecular weight excluding hydrogens is 455 g/mol. The van der Waals surface area contributed by atoms with Crippen LogP contribution in [-0.4, -0.2) is 27.4 Å². The number of amides is 1. The molecule has 1 aliphatic carbocycles. The molecule has 0 unspecified atom stereocenters.